The monoisotopic (exact) mass is 289 g/mol. The van der Waals surface area contributed by atoms with Gasteiger partial charge in [0.2, 0.25) is 11.8 Å². The molecule has 0 aliphatic heterocycles. The number of nitrogens with zero attached hydrogens (tertiary/aromatic N) is 1. The van der Waals surface area contributed by atoms with Crippen LogP contribution >= 0.6 is 0 Å². The number of benzene rings is 1. The molecule has 0 atom stereocenters. The molecule has 1 aromatic carbocycles. The summed E-state index contributed by atoms with van der Waals surface area (Å²) in [6, 6.07) is 6.84. The molecule has 0 heterocycles. The SMILES string of the molecule is CNC(=O)CN(C)C(=O)C=Cc1ccc(C(=O)NC)cc1. The second kappa shape index (κ2) is 7.84. The number of hydrogen-bond acceptors (Lipinski definition) is 3. The molecule has 1 aromatic rings. The lowest BCUT2D eigenvalue weighted by molar-refractivity contribution is -0.130. The van der Waals surface area contributed by atoms with E-state index < -0.39 is 0 Å². The first-order chi connectivity index (χ1) is 9.97. The van der Waals surface area contributed by atoms with Gasteiger partial charge in [0.05, 0.1) is 6.54 Å². The van der Waals surface area contributed by atoms with Crippen molar-refractivity contribution in [3.8, 4) is 0 Å². The molecule has 1 rings (SSSR count). The molecule has 6 nitrogen and oxygen atoms in total. The quantitative estimate of drug-likeness (QED) is 0.763. The predicted molar refractivity (Wildman–Crippen MR) is 80.6 cm³/mol. The van der Waals surface area contributed by atoms with E-state index in [0.717, 1.165) is 5.56 Å². The lowest BCUT2D eigenvalue weighted by atomic mass is 10.1. The van der Waals surface area contributed by atoms with Gasteiger partial charge in [0.25, 0.3) is 5.91 Å². The molecule has 0 fully saturated rings. The molecule has 0 aliphatic carbocycles. The Kier molecular flexibility index (Phi) is 6.13. The van der Waals surface area contributed by atoms with Gasteiger partial charge < -0.3 is 15.5 Å². The minimum absolute atomic E-state index is 0.00921. The van der Waals surface area contributed by atoms with Crippen molar-refractivity contribution in [1.82, 2.24) is 15.5 Å². The van der Waals surface area contributed by atoms with Crippen LogP contribution in [0.1, 0.15) is 15.9 Å². The first-order valence-electron chi connectivity index (χ1n) is 6.44. The molecule has 0 saturated carbocycles. The Morgan fingerprint density at radius 2 is 1.71 bits per heavy atom. The van der Waals surface area contributed by atoms with Gasteiger partial charge in [-0.2, -0.15) is 0 Å². The fourth-order valence-corrected chi connectivity index (χ4v) is 1.56. The van der Waals surface area contributed by atoms with Crippen LogP contribution in [0.5, 0.6) is 0 Å². The van der Waals surface area contributed by atoms with Gasteiger partial charge in [0.15, 0.2) is 0 Å². The minimum atomic E-state index is -0.269. The van der Waals surface area contributed by atoms with Crippen molar-refractivity contribution in [1.29, 1.82) is 0 Å². The molecule has 0 unspecified atom stereocenters. The Hall–Kier alpha value is -2.63. The second-order valence-corrected chi connectivity index (χ2v) is 4.40. The third kappa shape index (κ3) is 5.10. The van der Waals surface area contributed by atoms with Gasteiger partial charge in [-0.3, -0.25) is 14.4 Å². The summed E-state index contributed by atoms with van der Waals surface area (Å²) in [6.45, 7) is 0.00921. The highest BCUT2D eigenvalue weighted by atomic mass is 16.2. The van der Waals surface area contributed by atoms with Crippen LogP contribution in [0.25, 0.3) is 6.08 Å². The summed E-state index contributed by atoms with van der Waals surface area (Å²) < 4.78 is 0. The molecule has 0 aromatic heterocycles. The van der Waals surface area contributed by atoms with Crippen molar-refractivity contribution in [3.05, 3.63) is 41.5 Å². The van der Waals surface area contributed by atoms with E-state index in [1.165, 1.54) is 18.0 Å². The summed E-state index contributed by atoms with van der Waals surface area (Å²) in [7, 11) is 4.64. The van der Waals surface area contributed by atoms with E-state index >= 15 is 0 Å². The number of amides is 3. The van der Waals surface area contributed by atoms with Crippen LogP contribution in [0.15, 0.2) is 30.3 Å². The van der Waals surface area contributed by atoms with Crippen molar-refractivity contribution >= 4 is 23.8 Å². The molecular formula is C15H19N3O3. The maximum Gasteiger partial charge on any atom is 0.251 e. The van der Waals surface area contributed by atoms with Gasteiger partial charge in [-0.25, -0.2) is 0 Å². The molecule has 0 bridgehead atoms. The highest BCUT2D eigenvalue weighted by Crippen LogP contribution is 2.06. The van der Waals surface area contributed by atoms with Crippen LogP contribution in [0.2, 0.25) is 0 Å². The molecular weight excluding hydrogens is 270 g/mol. The Morgan fingerprint density at radius 1 is 1.10 bits per heavy atom. The fraction of sp³-hybridized carbons (Fsp3) is 0.267. The smallest absolute Gasteiger partial charge is 0.251 e. The van der Waals surface area contributed by atoms with Crippen LogP contribution in [-0.4, -0.2) is 50.3 Å². The van der Waals surface area contributed by atoms with Gasteiger partial charge in [-0.15, -0.1) is 0 Å². The highest BCUT2D eigenvalue weighted by Gasteiger charge is 2.08. The van der Waals surface area contributed by atoms with Gasteiger partial charge in [-0.05, 0) is 23.8 Å². The lowest BCUT2D eigenvalue weighted by Crippen LogP contribution is -2.35. The Morgan fingerprint density at radius 3 is 2.24 bits per heavy atom. The van der Waals surface area contributed by atoms with Crippen molar-refractivity contribution in [2.24, 2.45) is 0 Å². The van der Waals surface area contributed by atoms with Crippen molar-refractivity contribution < 1.29 is 14.4 Å². The summed E-state index contributed by atoms with van der Waals surface area (Å²) >= 11 is 0. The third-order valence-electron chi connectivity index (χ3n) is 2.85. The maximum atomic E-state index is 11.8. The largest absolute Gasteiger partial charge is 0.358 e. The topological polar surface area (TPSA) is 78.5 Å². The summed E-state index contributed by atoms with van der Waals surface area (Å²) in [6.07, 6.45) is 3.02. The van der Waals surface area contributed by atoms with E-state index in [1.807, 2.05) is 0 Å². The van der Waals surface area contributed by atoms with Crippen LogP contribution in [0.3, 0.4) is 0 Å². The fourth-order valence-electron chi connectivity index (χ4n) is 1.56. The van der Waals surface area contributed by atoms with Gasteiger partial charge >= 0.3 is 0 Å². The van der Waals surface area contributed by atoms with Crippen molar-refractivity contribution in [2.75, 3.05) is 27.7 Å². The molecule has 6 heteroatoms. The van der Waals surface area contributed by atoms with Gasteiger partial charge in [0, 0.05) is 32.8 Å². The van der Waals surface area contributed by atoms with Crippen molar-refractivity contribution in [2.45, 2.75) is 0 Å². The molecule has 21 heavy (non-hydrogen) atoms. The standard InChI is InChI=1S/C15H19N3O3/c1-16-13(19)10-18(3)14(20)9-6-11-4-7-12(8-5-11)15(21)17-2/h4-9H,10H2,1-3H3,(H,16,19)(H,17,21). The zero-order chi connectivity index (χ0) is 15.8. The number of hydrogen-bond donors (Lipinski definition) is 2. The van der Waals surface area contributed by atoms with Crippen LogP contribution in [-0.2, 0) is 9.59 Å². The number of carbonyl (C=O) groups excluding carboxylic acids is 3. The Labute approximate surface area is 123 Å². The van der Waals surface area contributed by atoms with Gasteiger partial charge in [0.1, 0.15) is 0 Å². The normalized spacial score (nSPS) is 10.2. The molecule has 112 valence electrons. The molecule has 3 amide bonds. The maximum absolute atomic E-state index is 11.8. The van der Waals surface area contributed by atoms with Crippen LogP contribution in [0, 0.1) is 0 Å². The zero-order valence-corrected chi connectivity index (χ0v) is 12.3. The van der Waals surface area contributed by atoms with Crippen molar-refractivity contribution in [3.63, 3.8) is 0 Å². The number of carbonyl (C=O) groups is 3. The van der Waals surface area contributed by atoms with E-state index in [9.17, 15) is 14.4 Å². The summed E-state index contributed by atoms with van der Waals surface area (Å²) in [5.74, 6) is -0.657. The van der Waals surface area contributed by atoms with E-state index in [1.54, 1.807) is 44.4 Å². The molecule has 0 aliphatic rings. The first-order valence-corrected chi connectivity index (χ1v) is 6.44. The number of likely N-dealkylation sites (N-methyl/N-ethyl adjacent to an activating group) is 2. The zero-order valence-electron chi connectivity index (χ0n) is 12.3. The predicted octanol–water partition coefficient (Wildman–Crippen LogP) is 0.264. The van der Waals surface area contributed by atoms with Crippen LogP contribution in [0.4, 0.5) is 0 Å². The first kappa shape index (κ1) is 16.4. The molecule has 0 saturated heterocycles. The molecule has 2 N–H and O–H groups in total. The molecule has 0 spiro atoms. The minimum Gasteiger partial charge on any atom is -0.358 e. The summed E-state index contributed by atoms with van der Waals surface area (Å²) in [5.41, 5.74) is 1.35. The lowest BCUT2D eigenvalue weighted by Gasteiger charge is -2.13. The Bertz CT molecular complexity index is 550. The molecule has 0 radical (unpaired) electrons. The summed E-state index contributed by atoms with van der Waals surface area (Å²) in [4.78, 5) is 35.6. The van der Waals surface area contributed by atoms with E-state index in [0.29, 0.717) is 5.56 Å². The highest BCUT2D eigenvalue weighted by molar-refractivity contribution is 5.95. The van der Waals surface area contributed by atoms with E-state index in [-0.39, 0.29) is 24.3 Å². The number of rotatable bonds is 5. The summed E-state index contributed by atoms with van der Waals surface area (Å²) in [5, 5.41) is 4.99. The Balaban J connectivity index is 2.65. The average molecular weight is 289 g/mol. The average Bonchev–Trinajstić information content (AvgIpc) is 2.51. The van der Waals surface area contributed by atoms with E-state index in [4.69, 9.17) is 0 Å². The second-order valence-electron chi connectivity index (χ2n) is 4.40. The van der Waals surface area contributed by atoms with E-state index in [2.05, 4.69) is 10.6 Å². The van der Waals surface area contributed by atoms with Gasteiger partial charge in [-0.1, -0.05) is 12.1 Å². The van der Waals surface area contributed by atoms with Crippen LogP contribution < -0.4 is 10.6 Å². The third-order valence-corrected chi connectivity index (χ3v) is 2.85. The number of nitrogens with one attached hydrogen (secondary N) is 2.